The summed E-state index contributed by atoms with van der Waals surface area (Å²) < 4.78 is 26.6. The van der Waals surface area contributed by atoms with Crippen LogP contribution in [0.4, 0.5) is 0 Å². The van der Waals surface area contributed by atoms with Crippen molar-refractivity contribution in [3.8, 4) is 0 Å². The summed E-state index contributed by atoms with van der Waals surface area (Å²) in [5.74, 6) is -0.0347. The summed E-state index contributed by atoms with van der Waals surface area (Å²) in [6, 6.07) is 0. The van der Waals surface area contributed by atoms with Crippen molar-refractivity contribution in [3.05, 3.63) is 0 Å². The van der Waals surface area contributed by atoms with Crippen molar-refractivity contribution in [3.63, 3.8) is 0 Å². The van der Waals surface area contributed by atoms with Crippen LogP contribution in [-0.2, 0) is 14.6 Å². The molecule has 2 N–H and O–H groups in total. The smallest absolute Gasteiger partial charge is 0.150 e. The van der Waals surface area contributed by atoms with Gasteiger partial charge in [-0.2, -0.15) is 0 Å². The van der Waals surface area contributed by atoms with Crippen LogP contribution in [0.3, 0.4) is 0 Å². The Morgan fingerprint density at radius 1 is 1.55 bits per heavy atom. The molecule has 0 aromatic carbocycles. The van der Waals surface area contributed by atoms with Crippen LogP contribution in [-0.4, -0.2) is 39.7 Å². The summed E-state index contributed by atoms with van der Waals surface area (Å²) >= 11 is 0. The van der Waals surface area contributed by atoms with Crippen LogP contribution >= 0.6 is 0 Å². The number of sulfone groups is 1. The third-order valence-electron chi connectivity index (χ3n) is 1.49. The molecular weight excluding hydrogens is 166 g/mol. The van der Waals surface area contributed by atoms with E-state index in [0.717, 1.165) is 0 Å². The van der Waals surface area contributed by atoms with E-state index in [1.54, 1.807) is 6.92 Å². The number of nitrogens with two attached hydrogens (primary N) is 1. The Morgan fingerprint density at radius 3 is 2.09 bits per heavy atom. The van der Waals surface area contributed by atoms with Crippen molar-refractivity contribution < 1.29 is 13.2 Å². The lowest BCUT2D eigenvalue weighted by Crippen LogP contribution is -2.42. The van der Waals surface area contributed by atoms with Gasteiger partial charge in [0.25, 0.3) is 0 Å². The van der Waals surface area contributed by atoms with Gasteiger partial charge in [-0.1, -0.05) is 0 Å². The summed E-state index contributed by atoms with van der Waals surface area (Å²) in [5.41, 5.74) is 4.59. The second-order valence-electron chi connectivity index (χ2n) is 2.93. The van der Waals surface area contributed by atoms with E-state index in [2.05, 4.69) is 0 Å². The van der Waals surface area contributed by atoms with Gasteiger partial charge in [-0.15, -0.1) is 0 Å². The Hall–Kier alpha value is -0.130. The van der Waals surface area contributed by atoms with Crippen LogP contribution < -0.4 is 5.73 Å². The SMILES string of the molecule is COC(C)(CN)CS(C)(=O)=O. The fourth-order valence-corrected chi connectivity index (χ4v) is 2.10. The number of hydrogen-bond acceptors (Lipinski definition) is 4. The molecule has 0 saturated carbocycles. The number of rotatable bonds is 4. The van der Waals surface area contributed by atoms with Crippen molar-refractivity contribution in [2.75, 3.05) is 25.7 Å². The van der Waals surface area contributed by atoms with Crippen LogP contribution in [0.15, 0.2) is 0 Å². The monoisotopic (exact) mass is 181 g/mol. The first kappa shape index (κ1) is 10.9. The fraction of sp³-hybridized carbons (Fsp3) is 1.00. The van der Waals surface area contributed by atoms with E-state index < -0.39 is 15.4 Å². The molecule has 4 nitrogen and oxygen atoms in total. The number of methoxy groups -OCH3 is 1. The molecule has 0 aromatic rings. The third-order valence-corrected chi connectivity index (χ3v) is 2.63. The molecule has 0 aliphatic heterocycles. The van der Waals surface area contributed by atoms with Crippen LogP contribution in [0.5, 0.6) is 0 Å². The molecule has 0 bridgehead atoms. The van der Waals surface area contributed by atoms with Gasteiger partial charge in [-0.25, -0.2) is 8.42 Å². The third kappa shape index (κ3) is 4.34. The molecule has 0 saturated heterocycles. The summed E-state index contributed by atoms with van der Waals surface area (Å²) in [5, 5.41) is 0. The zero-order valence-corrected chi connectivity index (χ0v) is 7.94. The maximum atomic E-state index is 10.8. The minimum Gasteiger partial charge on any atom is -0.376 e. The molecule has 0 aliphatic carbocycles. The molecule has 0 aliphatic rings. The highest BCUT2D eigenvalue weighted by atomic mass is 32.2. The maximum absolute atomic E-state index is 10.8. The Labute approximate surface area is 67.6 Å². The molecule has 0 rings (SSSR count). The largest absolute Gasteiger partial charge is 0.376 e. The Kier molecular flexibility index (Phi) is 3.47. The topological polar surface area (TPSA) is 69.4 Å². The van der Waals surface area contributed by atoms with Gasteiger partial charge in [0.1, 0.15) is 9.84 Å². The molecule has 0 radical (unpaired) electrons. The zero-order chi connectivity index (χ0) is 9.12. The lowest BCUT2D eigenvalue weighted by Gasteiger charge is -2.24. The summed E-state index contributed by atoms with van der Waals surface area (Å²) in [6.07, 6.45) is 1.17. The van der Waals surface area contributed by atoms with Crippen LogP contribution in [0.25, 0.3) is 0 Å². The van der Waals surface area contributed by atoms with Gasteiger partial charge >= 0.3 is 0 Å². The van der Waals surface area contributed by atoms with Crippen molar-refractivity contribution in [2.24, 2.45) is 5.73 Å². The van der Waals surface area contributed by atoms with Gasteiger partial charge in [0.2, 0.25) is 0 Å². The standard InChI is InChI=1S/C6H15NO3S/c1-6(4-7,10-2)5-11(3,8)9/h4-5,7H2,1-3H3. The minimum atomic E-state index is -3.01. The van der Waals surface area contributed by atoms with E-state index in [1.807, 2.05) is 0 Å². The molecule has 0 fully saturated rings. The minimum absolute atomic E-state index is 0.0347. The molecule has 0 amide bonds. The van der Waals surface area contributed by atoms with Gasteiger partial charge < -0.3 is 10.5 Å². The molecule has 0 aromatic heterocycles. The normalized spacial score (nSPS) is 17.8. The van der Waals surface area contributed by atoms with Gasteiger partial charge in [0.05, 0.1) is 11.4 Å². The highest BCUT2D eigenvalue weighted by Crippen LogP contribution is 2.09. The molecule has 0 heterocycles. The maximum Gasteiger partial charge on any atom is 0.150 e. The quantitative estimate of drug-likeness (QED) is 0.628. The average molecular weight is 181 g/mol. The van der Waals surface area contributed by atoms with E-state index >= 15 is 0 Å². The molecule has 11 heavy (non-hydrogen) atoms. The average Bonchev–Trinajstić information content (AvgIpc) is 1.84. The van der Waals surface area contributed by atoms with E-state index in [4.69, 9.17) is 10.5 Å². The van der Waals surface area contributed by atoms with E-state index in [9.17, 15) is 8.42 Å². The predicted molar refractivity (Wildman–Crippen MR) is 44.2 cm³/mol. The first-order valence-electron chi connectivity index (χ1n) is 3.26. The van der Waals surface area contributed by atoms with Gasteiger partial charge in [0.15, 0.2) is 0 Å². The summed E-state index contributed by atoms with van der Waals surface area (Å²) in [4.78, 5) is 0. The molecule has 0 spiro atoms. The summed E-state index contributed by atoms with van der Waals surface area (Å²) in [6.45, 7) is 1.88. The van der Waals surface area contributed by atoms with Crippen LogP contribution in [0.1, 0.15) is 6.92 Å². The second-order valence-corrected chi connectivity index (χ2v) is 5.07. The van der Waals surface area contributed by atoms with Crippen molar-refractivity contribution in [2.45, 2.75) is 12.5 Å². The fourth-order valence-electron chi connectivity index (χ4n) is 0.756. The van der Waals surface area contributed by atoms with Gasteiger partial charge in [-0.05, 0) is 6.92 Å². The molecule has 1 atom stereocenters. The Bertz CT molecular complexity index is 206. The highest BCUT2D eigenvalue weighted by molar-refractivity contribution is 7.90. The van der Waals surface area contributed by atoms with Crippen molar-refractivity contribution in [1.82, 2.24) is 0 Å². The second kappa shape index (κ2) is 3.51. The van der Waals surface area contributed by atoms with Crippen molar-refractivity contribution in [1.29, 1.82) is 0 Å². The number of ether oxygens (including phenoxy) is 1. The Balaban J connectivity index is 4.32. The van der Waals surface area contributed by atoms with Gasteiger partial charge in [-0.3, -0.25) is 0 Å². The molecule has 68 valence electrons. The highest BCUT2D eigenvalue weighted by Gasteiger charge is 2.26. The first-order valence-corrected chi connectivity index (χ1v) is 5.32. The van der Waals surface area contributed by atoms with Crippen molar-refractivity contribution >= 4 is 9.84 Å². The molecular formula is C6H15NO3S. The van der Waals surface area contributed by atoms with E-state index in [0.29, 0.717) is 0 Å². The molecule has 5 heteroatoms. The Morgan fingerprint density at radius 2 is 2.00 bits per heavy atom. The molecule has 1 unspecified atom stereocenters. The van der Waals surface area contributed by atoms with Crippen LogP contribution in [0, 0.1) is 0 Å². The number of hydrogen-bond donors (Lipinski definition) is 1. The van der Waals surface area contributed by atoms with E-state index in [1.165, 1.54) is 13.4 Å². The van der Waals surface area contributed by atoms with E-state index in [-0.39, 0.29) is 12.3 Å². The first-order chi connectivity index (χ1) is 4.83. The zero-order valence-electron chi connectivity index (χ0n) is 7.12. The lowest BCUT2D eigenvalue weighted by atomic mass is 10.1. The van der Waals surface area contributed by atoms with Gasteiger partial charge in [0, 0.05) is 19.9 Å². The summed E-state index contributed by atoms with van der Waals surface area (Å²) in [7, 11) is -1.55. The predicted octanol–water partition coefficient (Wildman–Crippen LogP) is -0.605. The van der Waals surface area contributed by atoms with Crippen LogP contribution in [0.2, 0.25) is 0 Å². The lowest BCUT2D eigenvalue weighted by molar-refractivity contribution is 0.0337.